The zero-order valence-corrected chi connectivity index (χ0v) is 13.2. The summed E-state index contributed by atoms with van der Waals surface area (Å²) in [6, 6.07) is 1.01. The van der Waals surface area contributed by atoms with Crippen molar-refractivity contribution in [2.45, 2.75) is 64.5 Å². The minimum Gasteiger partial charge on any atom is -0.342 e. The first kappa shape index (κ1) is 15.8. The molecule has 0 aliphatic carbocycles. The van der Waals surface area contributed by atoms with Gasteiger partial charge in [0.2, 0.25) is 5.91 Å². The van der Waals surface area contributed by atoms with Gasteiger partial charge < -0.3 is 10.2 Å². The van der Waals surface area contributed by atoms with Crippen molar-refractivity contribution >= 4 is 5.91 Å². The highest BCUT2D eigenvalue weighted by Crippen LogP contribution is 2.13. The van der Waals surface area contributed by atoms with Gasteiger partial charge in [-0.15, -0.1) is 0 Å². The number of carbonyl (C=O) groups excluding carboxylic acids is 1. The number of rotatable bonds is 5. The van der Waals surface area contributed by atoms with E-state index in [4.69, 9.17) is 0 Å². The number of nitrogens with one attached hydrogen (secondary N) is 1. The van der Waals surface area contributed by atoms with Gasteiger partial charge in [-0.25, -0.2) is 0 Å². The predicted octanol–water partition coefficient (Wildman–Crippen LogP) is 1.85. The summed E-state index contributed by atoms with van der Waals surface area (Å²) in [5, 5.41) is 3.59. The molecule has 1 N–H and O–H groups in total. The molecule has 4 heteroatoms. The fourth-order valence-electron chi connectivity index (χ4n) is 3.24. The zero-order chi connectivity index (χ0) is 14.4. The molecule has 0 bridgehead atoms. The predicted molar refractivity (Wildman–Crippen MR) is 82.8 cm³/mol. The average Bonchev–Trinajstić information content (AvgIpc) is 2.48. The van der Waals surface area contributed by atoms with Crippen LogP contribution in [0.4, 0.5) is 0 Å². The van der Waals surface area contributed by atoms with Crippen LogP contribution in [-0.4, -0.2) is 60.5 Å². The lowest BCUT2D eigenvalue weighted by Gasteiger charge is -2.35. The summed E-state index contributed by atoms with van der Waals surface area (Å²) < 4.78 is 0. The van der Waals surface area contributed by atoms with Crippen molar-refractivity contribution in [2.75, 3.05) is 32.7 Å². The standard InChI is InChI=1S/C16H31N3O/c1-14(2)19(12-15-8-4-5-9-17-15)13-16(20)18-10-6-3-7-11-18/h14-15,17H,3-13H2,1-2H3. The monoisotopic (exact) mass is 281 g/mol. The van der Waals surface area contributed by atoms with E-state index in [1.165, 1.54) is 38.5 Å². The summed E-state index contributed by atoms with van der Waals surface area (Å²) in [5.74, 6) is 0.328. The molecule has 1 amide bonds. The molecule has 0 aromatic heterocycles. The van der Waals surface area contributed by atoms with E-state index in [-0.39, 0.29) is 0 Å². The molecule has 0 saturated carbocycles. The molecule has 2 aliphatic heterocycles. The van der Waals surface area contributed by atoms with E-state index in [1.54, 1.807) is 0 Å². The molecule has 2 heterocycles. The van der Waals surface area contributed by atoms with Crippen molar-refractivity contribution in [3.05, 3.63) is 0 Å². The third kappa shape index (κ3) is 4.74. The van der Waals surface area contributed by atoms with Gasteiger partial charge in [-0.1, -0.05) is 6.42 Å². The minimum absolute atomic E-state index is 0.328. The molecule has 4 nitrogen and oxygen atoms in total. The summed E-state index contributed by atoms with van der Waals surface area (Å²) in [6.07, 6.45) is 7.51. The number of piperidine rings is 2. The van der Waals surface area contributed by atoms with E-state index < -0.39 is 0 Å². The molecular weight excluding hydrogens is 250 g/mol. The maximum atomic E-state index is 12.4. The van der Waals surface area contributed by atoms with Crippen molar-refractivity contribution in [1.82, 2.24) is 15.1 Å². The number of hydrogen-bond acceptors (Lipinski definition) is 3. The van der Waals surface area contributed by atoms with E-state index in [1.807, 2.05) is 0 Å². The largest absolute Gasteiger partial charge is 0.342 e. The second kappa shape index (κ2) is 7.99. The Labute approximate surface area is 123 Å². The van der Waals surface area contributed by atoms with Crippen LogP contribution in [0.15, 0.2) is 0 Å². The Morgan fingerprint density at radius 3 is 2.55 bits per heavy atom. The summed E-state index contributed by atoms with van der Waals surface area (Å²) in [5.41, 5.74) is 0. The van der Waals surface area contributed by atoms with Crippen LogP contribution in [0, 0.1) is 0 Å². The van der Waals surface area contributed by atoms with E-state index in [9.17, 15) is 4.79 Å². The lowest BCUT2D eigenvalue weighted by Crippen LogP contribution is -2.50. The lowest BCUT2D eigenvalue weighted by molar-refractivity contribution is -0.133. The van der Waals surface area contributed by atoms with E-state index in [0.717, 1.165) is 26.2 Å². The Hall–Kier alpha value is -0.610. The number of nitrogens with zero attached hydrogens (tertiary/aromatic N) is 2. The van der Waals surface area contributed by atoms with Gasteiger partial charge in [0.15, 0.2) is 0 Å². The van der Waals surface area contributed by atoms with Gasteiger partial charge in [0.05, 0.1) is 6.54 Å². The SMILES string of the molecule is CC(C)N(CC(=O)N1CCCCC1)CC1CCCCN1. The normalized spacial score (nSPS) is 24.4. The molecule has 2 aliphatic rings. The third-order valence-corrected chi connectivity index (χ3v) is 4.64. The number of hydrogen-bond donors (Lipinski definition) is 1. The molecular formula is C16H31N3O. The summed E-state index contributed by atoms with van der Waals surface area (Å²) in [7, 11) is 0. The Balaban J connectivity index is 1.82. The molecule has 2 saturated heterocycles. The first-order valence-electron chi connectivity index (χ1n) is 8.42. The van der Waals surface area contributed by atoms with Crippen LogP contribution >= 0.6 is 0 Å². The van der Waals surface area contributed by atoms with E-state index in [0.29, 0.717) is 24.5 Å². The van der Waals surface area contributed by atoms with Crippen LogP contribution < -0.4 is 5.32 Å². The molecule has 0 spiro atoms. The molecule has 0 aromatic carbocycles. The van der Waals surface area contributed by atoms with Crippen LogP contribution in [0.25, 0.3) is 0 Å². The first-order chi connectivity index (χ1) is 9.66. The Bertz CT molecular complexity index is 294. The van der Waals surface area contributed by atoms with Gasteiger partial charge in [-0.05, 0) is 52.5 Å². The maximum absolute atomic E-state index is 12.4. The second-order valence-corrected chi connectivity index (χ2v) is 6.61. The Morgan fingerprint density at radius 2 is 1.95 bits per heavy atom. The highest BCUT2D eigenvalue weighted by Gasteiger charge is 2.23. The molecule has 2 fully saturated rings. The minimum atomic E-state index is 0.328. The summed E-state index contributed by atoms with van der Waals surface area (Å²) in [6.45, 7) is 9.07. The van der Waals surface area contributed by atoms with Crippen molar-refractivity contribution in [3.8, 4) is 0 Å². The van der Waals surface area contributed by atoms with Crippen LogP contribution in [0.5, 0.6) is 0 Å². The lowest BCUT2D eigenvalue weighted by atomic mass is 10.0. The van der Waals surface area contributed by atoms with Gasteiger partial charge in [-0.3, -0.25) is 9.69 Å². The fourth-order valence-corrected chi connectivity index (χ4v) is 3.24. The molecule has 0 aromatic rings. The van der Waals surface area contributed by atoms with Crippen molar-refractivity contribution < 1.29 is 4.79 Å². The van der Waals surface area contributed by atoms with Crippen molar-refractivity contribution in [3.63, 3.8) is 0 Å². The molecule has 0 radical (unpaired) electrons. The first-order valence-corrected chi connectivity index (χ1v) is 8.42. The second-order valence-electron chi connectivity index (χ2n) is 6.61. The molecule has 2 rings (SSSR count). The smallest absolute Gasteiger partial charge is 0.236 e. The molecule has 1 atom stereocenters. The van der Waals surface area contributed by atoms with Gasteiger partial charge in [0.25, 0.3) is 0 Å². The summed E-state index contributed by atoms with van der Waals surface area (Å²) >= 11 is 0. The number of amides is 1. The third-order valence-electron chi connectivity index (χ3n) is 4.64. The van der Waals surface area contributed by atoms with Crippen LogP contribution in [0.1, 0.15) is 52.4 Å². The van der Waals surface area contributed by atoms with Crippen LogP contribution in [-0.2, 0) is 4.79 Å². The highest BCUT2D eigenvalue weighted by molar-refractivity contribution is 5.78. The van der Waals surface area contributed by atoms with Gasteiger partial charge in [-0.2, -0.15) is 0 Å². The molecule has 116 valence electrons. The average molecular weight is 281 g/mol. The van der Waals surface area contributed by atoms with Crippen molar-refractivity contribution in [1.29, 1.82) is 0 Å². The Morgan fingerprint density at radius 1 is 1.20 bits per heavy atom. The number of carbonyl (C=O) groups is 1. The molecule has 20 heavy (non-hydrogen) atoms. The van der Waals surface area contributed by atoms with Crippen molar-refractivity contribution in [2.24, 2.45) is 0 Å². The van der Waals surface area contributed by atoms with Crippen LogP contribution in [0.2, 0.25) is 0 Å². The quantitative estimate of drug-likeness (QED) is 0.835. The number of likely N-dealkylation sites (tertiary alicyclic amines) is 1. The highest BCUT2D eigenvalue weighted by atomic mass is 16.2. The van der Waals surface area contributed by atoms with Gasteiger partial charge in [0.1, 0.15) is 0 Å². The molecule has 1 unspecified atom stereocenters. The zero-order valence-electron chi connectivity index (χ0n) is 13.2. The fraction of sp³-hybridized carbons (Fsp3) is 0.938. The van der Waals surface area contributed by atoms with Gasteiger partial charge >= 0.3 is 0 Å². The van der Waals surface area contributed by atoms with E-state index in [2.05, 4.69) is 29.0 Å². The maximum Gasteiger partial charge on any atom is 0.236 e. The van der Waals surface area contributed by atoms with Gasteiger partial charge in [0, 0.05) is 31.7 Å². The Kier molecular flexibility index (Phi) is 6.30. The van der Waals surface area contributed by atoms with Crippen LogP contribution in [0.3, 0.4) is 0 Å². The summed E-state index contributed by atoms with van der Waals surface area (Å²) in [4.78, 5) is 16.8. The topological polar surface area (TPSA) is 35.6 Å². The van der Waals surface area contributed by atoms with E-state index >= 15 is 0 Å².